The number of para-hydroxylation sites is 1. The first-order chi connectivity index (χ1) is 11.6. The van der Waals surface area contributed by atoms with Crippen LogP contribution in [0.3, 0.4) is 0 Å². The number of rotatable bonds is 2. The highest BCUT2D eigenvalue weighted by Gasteiger charge is 2.30. The molecule has 1 amide bonds. The fourth-order valence-corrected chi connectivity index (χ4v) is 4.58. The van der Waals surface area contributed by atoms with Crippen LogP contribution < -0.4 is 10.5 Å². The maximum atomic E-state index is 12.9. The van der Waals surface area contributed by atoms with E-state index in [4.69, 9.17) is 0 Å². The zero-order chi connectivity index (χ0) is 16.7. The van der Waals surface area contributed by atoms with E-state index >= 15 is 0 Å². The molecule has 0 radical (unpaired) electrons. The summed E-state index contributed by atoms with van der Waals surface area (Å²) >= 11 is 1.55. The Bertz CT molecular complexity index is 862. The molecule has 0 bridgehead atoms. The number of hydrogen-bond acceptors (Lipinski definition) is 4. The largest absolute Gasteiger partial charge is 0.312 e. The molecule has 0 spiro atoms. The third kappa shape index (κ3) is 2.55. The van der Waals surface area contributed by atoms with Crippen molar-refractivity contribution in [2.75, 3.05) is 17.2 Å². The van der Waals surface area contributed by atoms with Crippen LogP contribution in [0.4, 0.5) is 5.69 Å². The maximum absolute atomic E-state index is 12.9. The molecule has 1 aromatic heterocycles. The highest BCUT2D eigenvalue weighted by molar-refractivity contribution is 7.99. The van der Waals surface area contributed by atoms with Crippen LogP contribution >= 0.6 is 11.8 Å². The van der Waals surface area contributed by atoms with Crippen molar-refractivity contribution in [1.29, 1.82) is 0 Å². The van der Waals surface area contributed by atoms with Gasteiger partial charge in [0.25, 0.3) is 5.56 Å². The molecule has 6 heteroatoms. The second-order valence-electron chi connectivity index (χ2n) is 6.35. The molecule has 0 N–H and O–H groups in total. The van der Waals surface area contributed by atoms with Crippen molar-refractivity contribution in [2.45, 2.75) is 37.4 Å². The first-order valence-corrected chi connectivity index (χ1v) is 9.23. The van der Waals surface area contributed by atoms with Gasteiger partial charge in [-0.2, -0.15) is 0 Å². The van der Waals surface area contributed by atoms with Gasteiger partial charge in [0.15, 0.2) is 5.16 Å². The number of aromatic nitrogens is 2. The third-order valence-electron chi connectivity index (χ3n) is 4.72. The second-order valence-corrected chi connectivity index (χ2v) is 7.33. The Morgan fingerprint density at radius 1 is 1.38 bits per heavy atom. The lowest BCUT2D eigenvalue weighted by atomic mass is 10.0. The molecule has 24 heavy (non-hydrogen) atoms. The lowest BCUT2D eigenvalue weighted by molar-refractivity contribution is -0.119. The topological polar surface area (TPSA) is 55.2 Å². The van der Waals surface area contributed by atoms with Gasteiger partial charge in [0.1, 0.15) is 0 Å². The molecule has 0 aliphatic carbocycles. The Morgan fingerprint density at radius 3 is 3.08 bits per heavy atom. The van der Waals surface area contributed by atoms with Crippen molar-refractivity contribution < 1.29 is 4.79 Å². The van der Waals surface area contributed by atoms with Crippen molar-refractivity contribution >= 4 is 23.4 Å². The Hall–Kier alpha value is -2.08. The van der Waals surface area contributed by atoms with Crippen LogP contribution in [0.1, 0.15) is 30.0 Å². The van der Waals surface area contributed by atoms with Crippen LogP contribution in [0.25, 0.3) is 0 Å². The normalized spacial score (nSPS) is 19.0. The molecule has 2 aromatic rings. The quantitative estimate of drug-likeness (QED) is 0.788. The SMILES string of the molecule is Cc1cnc2n(c1=O)C(CC(=O)N1CCCc3ccccc31)CS2. The lowest BCUT2D eigenvalue weighted by Crippen LogP contribution is -2.38. The van der Waals surface area contributed by atoms with Gasteiger partial charge in [-0.15, -0.1) is 0 Å². The summed E-state index contributed by atoms with van der Waals surface area (Å²) in [6, 6.07) is 7.99. The van der Waals surface area contributed by atoms with Gasteiger partial charge >= 0.3 is 0 Å². The summed E-state index contributed by atoms with van der Waals surface area (Å²) in [6.07, 6.45) is 3.97. The first kappa shape index (κ1) is 15.4. The van der Waals surface area contributed by atoms with Gasteiger partial charge in [-0.05, 0) is 31.4 Å². The molecule has 1 unspecified atom stereocenters. The van der Waals surface area contributed by atoms with Gasteiger partial charge in [-0.3, -0.25) is 14.2 Å². The Balaban J connectivity index is 1.60. The van der Waals surface area contributed by atoms with E-state index in [1.807, 2.05) is 23.1 Å². The first-order valence-electron chi connectivity index (χ1n) is 8.24. The van der Waals surface area contributed by atoms with E-state index in [0.29, 0.717) is 12.0 Å². The van der Waals surface area contributed by atoms with Crippen LogP contribution in [0.5, 0.6) is 0 Å². The fourth-order valence-electron chi connectivity index (χ4n) is 3.48. The van der Waals surface area contributed by atoms with Gasteiger partial charge in [0.05, 0.1) is 6.04 Å². The molecule has 2 aliphatic heterocycles. The summed E-state index contributed by atoms with van der Waals surface area (Å²) in [5, 5.41) is 0.724. The maximum Gasteiger partial charge on any atom is 0.257 e. The van der Waals surface area contributed by atoms with Crippen LogP contribution in [0, 0.1) is 6.92 Å². The monoisotopic (exact) mass is 341 g/mol. The van der Waals surface area contributed by atoms with E-state index in [0.717, 1.165) is 36.0 Å². The predicted molar refractivity (Wildman–Crippen MR) is 94.7 cm³/mol. The number of carbonyl (C=O) groups excluding carboxylic acids is 1. The predicted octanol–water partition coefficient (Wildman–Crippen LogP) is 2.57. The molecule has 1 atom stereocenters. The Morgan fingerprint density at radius 2 is 2.21 bits per heavy atom. The number of thioether (sulfide) groups is 1. The molecule has 5 nitrogen and oxygen atoms in total. The number of fused-ring (bicyclic) bond motifs is 2. The zero-order valence-electron chi connectivity index (χ0n) is 13.6. The number of amides is 1. The van der Waals surface area contributed by atoms with Crippen LogP contribution in [-0.4, -0.2) is 27.8 Å². The molecule has 0 fully saturated rings. The van der Waals surface area contributed by atoms with Gasteiger partial charge < -0.3 is 4.90 Å². The van der Waals surface area contributed by atoms with E-state index in [1.165, 1.54) is 5.56 Å². The highest BCUT2D eigenvalue weighted by Crippen LogP contribution is 2.34. The standard InChI is InChI=1S/C18H19N3O2S/c1-12-10-19-18-21(17(12)23)14(11-24-18)9-16(22)20-8-4-6-13-5-2-3-7-15(13)20/h2-3,5,7,10,14H,4,6,8-9,11H2,1H3. The van der Waals surface area contributed by atoms with Crippen molar-refractivity contribution in [3.63, 3.8) is 0 Å². The van der Waals surface area contributed by atoms with Crippen LogP contribution in [-0.2, 0) is 11.2 Å². The van der Waals surface area contributed by atoms with Crippen molar-refractivity contribution in [2.24, 2.45) is 0 Å². The summed E-state index contributed by atoms with van der Waals surface area (Å²) in [5.41, 5.74) is 2.85. The number of hydrogen-bond donors (Lipinski definition) is 0. The molecule has 0 saturated heterocycles. The number of carbonyl (C=O) groups is 1. The van der Waals surface area contributed by atoms with Crippen LogP contribution in [0.2, 0.25) is 0 Å². The molecular formula is C18H19N3O2S. The Kier molecular flexibility index (Phi) is 3.92. The molecule has 0 saturated carbocycles. The molecule has 3 heterocycles. The second kappa shape index (κ2) is 6.09. The summed E-state index contributed by atoms with van der Waals surface area (Å²) < 4.78 is 1.70. The minimum absolute atomic E-state index is 0.0261. The summed E-state index contributed by atoms with van der Waals surface area (Å²) in [6.45, 7) is 2.52. The summed E-state index contributed by atoms with van der Waals surface area (Å²) in [4.78, 5) is 31.5. The zero-order valence-corrected chi connectivity index (χ0v) is 14.4. The van der Waals surface area contributed by atoms with E-state index < -0.39 is 0 Å². The van der Waals surface area contributed by atoms with Gasteiger partial charge in [0.2, 0.25) is 5.91 Å². The minimum Gasteiger partial charge on any atom is -0.312 e. The van der Waals surface area contributed by atoms with Gasteiger partial charge in [0, 0.05) is 36.2 Å². The highest BCUT2D eigenvalue weighted by atomic mass is 32.2. The van der Waals surface area contributed by atoms with E-state index in [1.54, 1.807) is 29.4 Å². The van der Waals surface area contributed by atoms with Gasteiger partial charge in [-0.25, -0.2) is 4.98 Å². The molecule has 124 valence electrons. The molecule has 1 aromatic carbocycles. The number of nitrogens with zero attached hydrogens (tertiary/aromatic N) is 3. The summed E-state index contributed by atoms with van der Waals surface area (Å²) in [5.74, 6) is 0.821. The molecule has 2 aliphatic rings. The lowest BCUT2D eigenvalue weighted by Gasteiger charge is -2.30. The molecular weight excluding hydrogens is 322 g/mol. The number of benzene rings is 1. The van der Waals surface area contributed by atoms with Crippen molar-refractivity contribution in [1.82, 2.24) is 9.55 Å². The Labute approximate surface area is 144 Å². The fraction of sp³-hybridized carbons (Fsp3) is 0.389. The van der Waals surface area contributed by atoms with Crippen molar-refractivity contribution in [3.8, 4) is 0 Å². The average Bonchev–Trinajstić information content (AvgIpc) is 3.01. The minimum atomic E-state index is -0.105. The number of aryl methyl sites for hydroxylation is 2. The van der Waals surface area contributed by atoms with E-state index in [-0.39, 0.29) is 17.5 Å². The van der Waals surface area contributed by atoms with Crippen LogP contribution in [0.15, 0.2) is 40.4 Å². The number of anilines is 1. The van der Waals surface area contributed by atoms with Crippen molar-refractivity contribution in [3.05, 3.63) is 51.9 Å². The third-order valence-corrected chi connectivity index (χ3v) is 5.83. The van der Waals surface area contributed by atoms with E-state index in [2.05, 4.69) is 11.1 Å². The van der Waals surface area contributed by atoms with E-state index in [9.17, 15) is 9.59 Å². The summed E-state index contributed by atoms with van der Waals surface area (Å²) in [7, 11) is 0. The average molecular weight is 341 g/mol. The molecule has 4 rings (SSSR count). The van der Waals surface area contributed by atoms with Gasteiger partial charge in [-0.1, -0.05) is 30.0 Å². The smallest absolute Gasteiger partial charge is 0.257 e.